The number of hydrogen-bond acceptors (Lipinski definition) is 9. The van der Waals surface area contributed by atoms with Gasteiger partial charge in [0, 0.05) is 18.6 Å². The van der Waals surface area contributed by atoms with E-state index in [1.54, 1.807) is 0 Å². The lowest BCUT2D eigenvalue weighted by molar-refractivity contribution is -0.139. The summed E-state index contributed by atoms with van der Waals surface area (Å²) < 4.78 is 24.2. The van der Waals surface area contributed by atoms with Gasteiger partial charge in [0.25, 0.3) is 0 Å². The van der Waals surface area contributed by atoms with Gasteiger partial charge in [-0.1, -0.05) is 0 Å². The largest absolute Gasteiger partial charge is 0.466 e. The third kappa shape index (κ3) is 4.17. The zero-order valence-electron chi connectivity index (χ0n) is 14.5. The van der Waals surface area contributed by atoms with Gasteiger partial charge in [0.1, 0.15) is 11.7 Å². The lowest BCUT2D eigenvalue weighted by atomic mass is 9.88. The van der Waals surface area contributed by atoms with E-state index in [4.69, 9.17) is 9.47 Å². The molecule has 9 heteroatoms. The lowest BCUT2D eigenvalue weighted by Gasteiger charge is -2.16. The van der Waals surface area contributed by atoms with Crippen LogP contribution in [0.3, 0.4) is 0 Å². The molecule has 1 heterocycles. The van der Waals surface area contributed by atoms with Crippen molar-refractivity contribution in [3.8, 4) is 0 Å². The number of carbonyl (C=O) groups is 4. The van der Waals surface area contributed by atoms with E-state index in [2.05, 4.69) is 14.2 Å². The van der Waals surface area contributed by atoms with Crippen LogP contribution in [0.1, 0.15) is 6.42 Å². The second kappa shape index (κ2) is 7.96. The van der Waals surface area contributed by atoms with E-state index in [1.165, 1.54) is 33.5 Å². The van der Waals surface area contributed by atoms with Gasteiger partial charge in [-0.05, 0) is 12.2 Å². The third-order valence-electron chi connectivity index (χ3n) is 3.87. The first-order valence-electron chi connectivity index (χ1n) is 7.59. The van der Waals surface area contributed by atoms with Crippen LogP contribution < -0.4 is 0 Å². The fourth-order valence-corrected chi connectivity index (χ4v) is 2.46. The number of esters is 4. The highest BCUT2D eigenvalue weighted by molar-refractivity contribution is 6.07. The molecule has 9 nitrogen and oxygen atoms in total. The average Bonchev–Trinajstić information content (AvgIpc) is 3.36. The lowest BCUT2D eigenvalue weighted by Crippen LogP contribution is -2.25. The Bertz CT molecular complexity index is 716. The molecule has 0 aromatic heterocycles. The molecule has 0 aromatic carbocycles. The van der Waals surface area contributed by atoms with Crippen molar-refractivity contribution < 1.29 is 42.9 Å². The van der Waals surface area contributed by atoms with Crippen LogP contribution in [-0.4, -0.2) is 63.5 Å². The summed E-state index contributed by atoms with van der Waals surface area (Å²) in [4.78, 5) is 46.1. The Kier molecular flexibility index (Phi) is 5.93. The number of hydrogen-bond donors (Lipinski definition) is 0. The average molecular weight is 366 g/mol. The van der Waals surface area contributed by atoms with E-state index in [-0.39, 0.29) is 24.2 Å². The van der Waals surface area contributed by atoms with Gasteiger partial charge < -0.3 is 23.7 Å². The highest BCUT2D eigenvalue weighted by Gasteiger charge is 2.57. The first kappa shape index (κ1) is 19.4. The van der Waals surface area contributed by atoms with E-state index in [0.717, 1.165) is 12.2 Å². The minimum Gasteiger partial charge on any atom is -0.466 e. The summed E-state index contributed by atoms with van der Waals surface area (Å²) in [6.45, 7) is -0.0206. The maximum Gasteiger partial charge on any atom is 0.338 e. The van der Waals surface area contributed by atoms with Crippen LogP contribution in [0.5, 0.6) is 0 Å². The van der Waals surface area contributed by atoms with Gasteiger partial charge in [-0.25, -0.2) is 19.2 Å². The Hall–Kier alpha value is -2.94. The fourth-order valence-electron chi connectivity index (χ4n) is 2.46. The van der Waals surface area contributed by atoms with Gasteiger partial charge in [-0.15, -0.1) is 0 Å². The number of epoxide rings is 1. The van der Waals surface area contributed by atoms with E-state index < -0.39 is 35.6 Å². The SMILES string of the molecule is COC(=O)/C=C/C(=O)OCCC12C=C(C(=O)OC)C(C(=O)OC)=CC1O2. The van der Waals surface area contributed by atoms with Crippen LogP contribution in [0.15, 0.2) is 35.5 Å². The Morgan fingerprint density at radius 2 is 1.62 bits per heavy atom. The molecule has 0 radical (unpaired) electrons. The van der Waals surface area contributed by atoms with Crippen LogP contribution in [0, 0.1) is 0 Å². The number of rotatable bonds is 7. The second-order valence-electron chi connectivity index (χ2n) is 5.39. The molecule has 2 unspecified atom stereocenters. The topological polar surface area (TPSA) is 118 Å². The van der Waals surface area contributed by atoms with Gasteiger partial charge in [-0.2, -0.15) is 0 Å². The molecule has 140 valence electrons. The summed E-state index contributed by atoms with van der Waals surface area (Å²) in [5, 5.41) is 0. The summed E-state index contributed by atoms with van der Waals surface area (Å²) in [5.74, 6) is -2.77. The zero-order chi connectivity index (χ0) is 19.3. The number of carbonyl (C=O) groups excluding carboxylic acids is 4. The molecule has 1 fully saturated rings. The molecule has 2 atom stereocenters. The van der Waals surface area contributed by atoms with Crippen LogP contribution >= 0.6 is 0 Å². The molecule has 0 saturated carbocycles. The quantitative estimate of drug-likeness (QED) is 0.265. The predicted octanol–water partition coefficient (Wildman–Crippen LogP) is -0.00110. The molecular weight excluding hydrogens is 348 g/mol. The van der Waals surface area contributed by atoms with E-state index in [9.17, 15) is 19.2 Å². The van der Waals surface area contributed by atoms with Crippen molar-refractivity contribution >= 4 is 23.9 Å². The molecule has 1 aliphatic heterocycles. The van der Waals surface area contributed by atoms with E-state index >= 15 is 0 Å². The third-order valence-corrected chi connectivity index (χ3v) is 3.87. The standard InChI is InChI=1S/C17H18O9/c1-22-13(18)4-5-14(19)25-7-6-17-9-11(16(21)24-3)10(15(20)23-2)8-12(17)26-17/h4-5,8-9,12H,6-7H2,1-3H3/b5-4+. The summed E-state index contributed by atoms with van der Waals surface area (Å²) >= 11 is 0. The molecule has 1 aliphatic carbocycles. The fraction of sp³-hybridized carbons (Fsp3) is 0.412. The first-order chi connectivity index (χ1) is 12.4. The van der Waals surface area contributed by atoms with Gasteiger partial charge in [-0.3, -0.25) is 0 Å². The molecule has 0 N–H and O–H groups in total. The van der Waals surface area contributed by atoms with Crippen molar-refractivity contribution in [1.82, 2.24) is 0 Å². The predicted molar refractivity (Wildman–Crippen MR) is 84.5 cm³/mol. The highest BCUT2D eigenvalue weighted by Crippen LogP contribution is 2.47. The Morgan fingerprint density at radius 3 is 2.23 bits per heavy atom. The molecule has 0 spiro atoms. The van der Waals surface area contributed by atoms with Crippen molar-refractivity contribution in [3.05, 3.63) is 35.5 Å². The van der Waals surface area contributed by atoms with Crippen molar-refractivity contribution in [2.75, 3.05) is 27.9 Å². The number of ether oxygens (including phenoxy) is 5. The molecule has 0 bridgehead atoms. The van der Waals surface area contributed by atoms with Crippen LogP contribution in [0.25, 0.3) is 0 Å². The van der Waals surface area contributed by atoms with Crippen molar-refractivity contribution in [3.63, 3.8) is 0 Å². The second-order valence-corrected chi connectivity index (χ2v) is 5.39. The minimum atomic E-state index is -0.854. The zero-order valence-corrected chi connectivity index (χ0v) is 14.5. The summed E-state index contributed by atoms with van der Waals surface area (Å²) in [6, 6.07) is 0. The summed E-state index contributed by atoms with van der Waals surface area (Å²) in [5.41, 5.74) is -0.756. The van der Waals surface area contributed by atoms with Crippen LogP contribution in [-0.2, 0) is 42.9 Å². The summed E-state index contributed by atoms with van der Waals surface area (Å²) in [7, 11) is 3.58. The first-order valence-corrected chi connectivity index (χ1v) is 7.59. The van der Waals surface area contributed by atoms with Gasteiger partial charge in [0.05, 0.1) is 39.1 Å². The molecule has 0 aromatic rings. The number of fused-ring (bicyclic) bond motifs is 1. The van der Waals surface area contributed by atoms with E-state index in [1.807, 2.05) is 0 Å². The molecule has 1 saturated heterocycles. The smallest absolute Gasteiger partial charge is 0.338 e. The van der Waals surface area contributed by atoms with Gasteiger partial charge in [0.2, 0.25) is 0 Å². The molecule has 26 heavy (non-hydrogen) atoms. The maximum absolute atomic E-state index is 11.9. The molecule has 2 aliphatic rings. The van der Waals surface area contributed by atoms with Crippen LogP contribution in [0.2, 0.25) is 0 Å². The van der Waals surface area contributed by atoms with Crippen molar-refractivity contribution in [2.45, 2.75) is 18.1 Å². The van der Waals surface area contributed by atoms with Gasteiger partial charge in [0.15, 0.2) is 0 Å². The van der Waals surface area contributed by atoms with Crippen LogP contribution in [0.4, 0.5) is 0 Å². The van der Waals surface area contributed by atoms with Gasteiger partial charge >= 0.3 is 23.9 Å². The molecule has 0 amide bonds. The number of methoxy groups -OCH3 is 3. The molecular formula is C17H18O9. The Morgan fingerprint density at radius 1 is 1.00 bits per heavy atom. The summed E-state index contributed by atoms with van der Waals surface area (Å²) in [6.07, 6.45) is 4.67. The highest BCUT2D eigenvalue weighted by atomic mass is 16.6. The molecule has 2 rings (SSSR count). The monoisotopic (exact) mass is 366 g/mol. The Balaban J connectivity index is 2.00. The van der Waals surface area contributed by atoms with Crippen molar-refractivity contribution in [2.24, 2.45) is 0 Å². The minimum absolute atomic E-state index is 0.0206. The maximum atomic E-state index is 11.9. The normalized spacial score (nSPS) is 23.3. The Labute approximate surface area is 149 Å². The van der Waals surface area contributed by atoms with Crippen molar-refractivity contribution in [1.29, 1.82) is 0 Å². The van der Waals surface area contributed by atoms with E-state index in [0.29, 0.717) is 0 Å².